The largest absolute Gasteiger partial charge is 0.487 e. The van der Waals surface area contributed by atoms with Gasteiger partial charge < -0.3 is 4.74 Å². The van der Waals surface area contributed by atoms with Crippen molar-refractivity contribution in [2.45, 2.75) is 27.2 Å². The maximum Gasteiger partial charge on any atom is 0.311 e. The lowest BCUT2D eigenvalue weighted by molar-refractivity contribution is -0.385. The van der Waals surface area contributed by atoms with Crippen LogP contribution in [0, 0.1) is 16.0 Å². The molecule has 1 rings (SSSR count). The molecule has 0 amide bonds. The third-order valence-electron chi connectivity index (χ3n) is 2.43. The van der Waals surface area contributed by atoms with E-state index in [1.54, 1.807) is 19.9 Å². The van der Waals surface area contributed by atoms with Crippen molar-refractivity contribution in [3.05, 3.63) is 33.9 Å². The summed E-state index contributed by atoms with van der Waals surface area (Å²) < 4.78 is 5.29. The van der Waals surface area contributed by atoms with Gasteiger partial charge in [0.1, 0.15) is 0 Å². The Morgan fingerprint density at radius 1 is 1.44 bits per heavy atom. The lowest BCUT2D eigenvalue weighted by Gasteiger charge is -2.08. The number of hydrogen-bond donors (Lipinski definition) is 0. The van der Waals surface area contributed by atoms with Crippen LogP contribution in [0.25, 0.3) is 0 Å². The van der Waals surface area contributed by atoms with E-state index in [0.29, 0.717) is 12.2 Å². The number of ether oxygens (including phenoxy) is 1. The molecule has 18 heavy (non-hydrogen) atoms. The van der Waals surface area contributed by atoms with Gasteiger partial charge in [-0.1, -0.05) is 20.8 Å². The van der Waals surface area contributed by atoms with Crippen molar-refractivity contribution in [2.75, 3.05) is 6.61 Å². The SMILES string of the molecule is CCCOc1ccc(C(=O)C(C)C)cc1[N+](=O)[O-]. The molecule has 0 atom stereocenters. The molecule has 0 fully saturated rings. The summed E-state index contributed by atoms with van der Waals surface area (Å²) in [7, 11) is 0. The van der Waals surface area contributed by atoms with Crippen molar-refractivity contribution < 1.29 is 14.5 Å². The maximum atomic E-state index is 11.8. The minimum atomic E-state index is -0.526. The van der Waals surface area contributed by atoms with E-state index in [9.17, 15) is 14.9 Å². The van der Waals surface area contributed by atoms with Gasteiger partial charge in [0.15, 0.2) is 11.5 Å². The number of carbonyl (C=O) groups is 1. The van der Waals surface area contributed by atoms with Gasteiger partial charge in [-0.25, -0.2) is 0 Å². The van der Waals surface area contributed by atoms with Crippen molar-refractivity contribution in [1.29, 1.82) is 0 Å². The molecule has 98 valence electrons. The lowest BCUT2D eigenvalue weighted by atomic mass is 10.0. The highest BCUT2D eigenvalue weighted by Gasteiger charge is 2.19. The number of nitro benzene ring substituents is 1. The number of hydrogen-bond acceptors (Lipinski definition) is 4. The second-order valence-corrected chi connectivity index (χ2v) is 4.31. The predicted molar refractivity (Wildman–Crippen MR) is 68.1 cm³/mol. The van der Waals surface area contributed by atoms with Crippen molar-refractivity contribution in [3.63, 3.8) is 0 Å². The molecule has 5 nitrogen and oxygen atoms in total. The van der Waals surface area contributed by atoms with E-state index in [2.05, 4.69) is 0 Å². The number of ketones is 1. The molecule has 0 aromatic heterocycles. The standard InChI is InChI=1S/C13H17NO4/c1-4-7-18-12-6-5-10(13(15)9(2)3)8-11(12)14(16)17/h5-6,8-9H,4,7H2,1-3H3. The number of carbonyl (C=O) groups excluding carboxylic acids is 1. The Bertz CT molecular complexity index is 454. The van der Waals surface area contributed by atoms with E-state index in [4.69, 9.17) is 4.74 Å². The fourth-order valence-electron chi connectivity index (χ4n) is 1.48. The smallest absolute Gasteiger partial charge is 0.311 e. The molecule has 0 radical (unpaired) electrons. The molecule has 1 aromatic carbocycles. The normalized spacial score (nSPS) is 10.4. The van der Waals surface area contributed by atoms with Gasteiger partial charge in [0.2, 0.25) is 0 Å². The molecule has 0 saturated carbocycles. The summed E-state index contributed by atoms with van der Waals surface area (Å²) in [5, 5.41) is 10.9. The Labute approximate surface area is 106 Å². The summed E-state index contributed by atoms with van der Waals surface area (Å²) in [5.41, 5.74) is 0.190. The van der Waals surface area contributed by atoms with E-state index < -0.39 is 4.92 Å². The van der Waals surface area contributed by atoms with Gasteiger partial charge in [0, 0.05) is 17.5 Å². The van der Waals surface area contributed by atoms with Crippen LogP contribution in [0.15, 0.2) is 18.2 Å². The highest BCUT2D eigenvalue weighted by molar-refractivity contribution is 5.98. The number of nitro groups is 1. The summed E-state index contributed by atoms with van der Waals surface area (Å²) in [4.78, 5) is 22.2. The van der Waals surface area contributed by atoms with E-state index >= 15 is 0 Å². The summed E-state index contributed by atoms with van der Waals surface area (Å²) >= 11 is 0. The molecule has 5 heteroatoms. The van der Waals surface area contributed by atoms with Gasteiger partial charge >= 0.3 is 5.69 Å². The molecule has 0 aliphatic rings. The Hall–Kier alpha value is -1.91. The lowest BCUT2D eigenvalue weighted by Crippen LogP contribution is -2.08. The number of nitrogens with zero attached hydrogens (tertiary/aromatic N) is 1. The van der Waals surface area contributed by atoms with E-state index in [0.717, 1.165) is 6.42 Å². The molecule has 0 spiro atoms. The fraction of sp³-hybridized carbons (Fsp3) is 0.462. The van der Waals surface area contributed by atoms with Crippen molar-refractivity contribution in [3.8, 4) is 5.75 Å². The Morgan fingerprint density at radius 3 is 2.61 bits per heavy atom. The number of benzene rings is 1. The zero-order chi connectivity index (χ0) is 13.7. The summed E-state index contributed by atoms with van der Waals surface area (Å²) in [6, 6.07) is 4.34. The second kappa shape index (κ2) is 6.14. The van der Waals surface area contributed by atoms with Crippen LogP contribution in [0.5, 0.6) is 5.75 Å². The predicted octanol–water partition coefficient (Wildman–Crippen LogP) is 3.22. The number of Topliss-reactive ketones (excluding diaryl/α,β-unsaturated/α-hetero) is 1. The molecule has 0 aliphatic carbocycles. The summed E-state index contributed by atoms with van der Waals surface area (Å²) in [6.45, 7) is 5.85. The van der Waals surface area contributed by atoms with Gasteiger partial charge in [-0.3, -0.25) is 14.9 Å². The van der Waals surface area contributed by atoms with E-state index in [1.807, 2.05) is 6.92 Å². The van der Waals surface area contributed by atoms with Crippen LogP contribution in [-0.2, 0) is 0 Å². The van der Waals surface area contributed by atoms with Crippen molar-refractivity contribution >= 4 is 11.5 Å². The van der Waals surface area contributed by atoms with Crippen LogP contribution in [0.1, 0.15) is 37.6 Å². The van der Waals surface area contributed by atoms with Gasteiger partial charge in [-0.2, -0.15) is 0 Å². The molecular formula is C13H17NO4. The van der Waals surface area contributed by atoms with E-state index in [-0.39, 0.29) is 23.1 Å². The molecule has 0 unspecified atom stereocenters. The van der Waals surface area contributed by atoms with E-state index in [1.165, 1.54) is 12.1 Å². The van der Waals surface area contributed by atoms with Gasteiger partial charge in [0.25, 0.3) is 0 Å². The van der Waals surface area contributed by atoms with Gasteiger partial charge in [-0.15, -0.1) is 0 Å². The quantitative estimate of drug-likeness (QED) is 0.442. The summed E-state index contributed by atoms with van der Waals surface area (Å²) in [6.07, 6.45) is 0.768. The zero-order valence-corrected chi connectivity index (χ0v) is 10.8. The van der Waals surface area contributed by atoms with Crippen LogP contribution < -0.4 is 4.74 Å². The molecule has 0 N–H and O–H groups in total. The van der Waals surface area contributed by atoms with Crippen LogP contribution in [0.4, 0.5) is 5.69 Å². The van der Waals surface area contributed by atoms with Crippen molar-refractivity contribution in [2.24, 2.45) is 5.92 Å². The maximum absolute atomic E-state index is 11.8. The van der Waals surface area contributed by atoms with Crippen LogP contribution in [0.2, 0.25) is 0 Å². The van der Waals surface area contributed by atoms with Gasteiger partial charge in [0.05, 0.1) is 11.5 Å². The third kappa shape index (κ3) is 3.29. The second-order valence-electron chi connectivity index (χ2n) is 4.31. The Kier molecular flexibility index (Phi) is 4.83. The minimum Gasteiger partial charge on any atom is -0.487 e. The zero-order valence-electron chi connectivity index (χ0n) is 10.8. The first-order valence-electron chi connectivity index (χ1n) is 5.92. The van der Waals surface area contributed by atoms with Crippen LogP contribution in [0.3, 0.4) is 0 Å². The third-order valence-corrected chi connectivity index (χ3v) is 2.43. The fourth-order valence-corrected chi connectivity index (χ4v) is 1.48. The molecule has 0 bridgehead atoms. The average Bonchev–Trinajstić information content (AvgIpc) is 2.34. The molecular weight excluding hydrogens is 234 g/mol. The molecule has 0 saturated heterocycles. The average molecular weight is 251 g/mol. The highest BCUT2D eigenvalue weighted by Crippen LogP contribution is 2.29. The highest BCUT2D eigenvalue weighted by atomic mass is 16.6. The Morgan fingerprint density at radius 2 is 2.11 bits per heavy atom. The monoisotopic (exact) mass is 251 g/mol. The summed E-state index contributed by atoms with van der Waals surface area (Å²) in [5.74, 6) is -0.0886. The first-order chi connectivity index (χ1) is 8.47. The van der Waals surface area contributed by atoms with Crippen LogP contribution in [-0.4, -0.2) is 17.3 Å². The molecule has 0 heterocycles. The van der Waals surface area contributed by atoms with Gasteiger partial charge in [-0.05, 0) is 18.6 Å². The number of rotatable bonds is 6. The topological polar surface area (TPSA) is 69.4 Å². The first-order valence-corrected chi connectivity index (χ1v) is 5.92. The van der Waals surface area contributed by atoms with Crippen LogP contribution >= 0.6 is 0 Å². The molecule has 0 aliphatic heterocycles. The minimum absolute atomic E-state index is 0.111. The Balaban J connectivity index is 3.11. The van der Waals surface area contributed by atoms with Crippen molar-refractivity contribution in [1.82, 2.24) is 0 Å². The molecule has 1 aromatic rings. The first kappa shape index (κ1) is 14.2.